The number of guanidine groups is 1. The summed E-state index contributed by atoms with van der Waals surface area (Å²) in [6.45, 7) is 4.53. The highest BCUT2D eigenvalue weighted by atomic mass is 127. The first kappa shape index (κ1) is 25.8. The van der Waals surface area contributed by atoms with Crippen molar-refractivity contribution in [1.82, 2.24) is 14.9 Å². The Morgan fingerprint density at radius 3 is 2.69 bits per heavy atom. The molecule has 1 saturated heterocycles. The van der Waals surface area contributed by atoms with Crippen LogP contribution in [0.2, 0.25) is 0 Å². The Labute approximate surface area is 189 Å². The second-order valence-electron chi connectivity index (χ2n) is 6.78. The first-order chi connectivity index (χ1) is 13.2. The minimum atomic E-state index is -3.18. The third kappa shape index (κ3) is 7.85. The minimum Gasteiger partial charge on any atom is -0.367 e. The molecule has 29 heavy (non-hydrogen) atoms. The zero-order valence-electron chi connectivity index (χ0n) is 17.0. The summed E-state index contributed by atoms with van der Waals surface area (Å²) in [6, 6.07) is 3.70. The molecule has 0 saturated carbocycles. The van der Waals surface area contributed by atoms with Gasteiger partial charge in [-0.3, -0.25) is 4.99 Å². The third-order valence-corrected chi connectivity index (χ3v) is 6.08. The Hall–Kier alpha value is -1.21. The van der Waals surface area contributed by atoms with Gasteiger partial charge in [-0.25, -0.2) is 21.5 Å². The number of hydrogen-bond donors (Lipinski definition) is 2. The molecule has 1 aliphatic rings. The van der Waals surface area contributed by atoms with Gasteiger partial charge in [-0.1, -0.05) is 6.92 Å². The molecule has 1 aromatic rings. The van der Waals surface area contributed by atoms with Crippen LogP contribution < -0.4 is 15.5 Å². The summed E-state index contributed by atoms with van der Waals surface area (Å²) in [5, 5.41) is 6.47. The summed E-state index contributed by atoms with van der Waals surface area (Å²) in [7, 11) is -1.52. The number of aliphatic imine (C=N–C) groups is 1. The molecule has 1 aliphatic heterocycles. The molecule has 0 amide bonds. The summed E-state index contributed by atoms with van der Waals surface area (Å²) in [5.41, 5.74) is 0.397. The molecule has 1 unspecified atom stereocenters. The molecule has 0 aromatic heterocycles. The van der Waals surface area contributed by atoms with Crippen molar-refractivity contribution in [2.75, 3.05) is 50.9 Å². The monoisotopic (exact) mass is 545 g/mol. The molecular weight excluding hydrogens is 515 g/mol. The van der Waals surface area contributed by atoms with Crippen LogP contribution in [0.3, 0.4) is 0 Å². The first-order valence-electron chi connectivity index (χ1n) is 9.37. The van der Waals surface area contributed by atoms with Crippen molar-refractivity contribution in [2.45, 2.75) is 25.8 Å². The van der Waals surface area contributed by atoms with E-state index < -0.39 is 21.7 Å². The van der Waals surface area contributed by atoms with Crippen molar-refractivity contribution >= 4 is 45.6 Å². The van der Waals surface area contributed by atoms with Gasteiger partial charge in [0.2, 0.25) is 10.0 Å². The smallest absolute Gasteiger partial charge is 0.211 e. The average molecular weight is 545 g/mol. The maximum absolute atomic E-state index is 14.0. The van der Waals surface area contributed by atoms with Crippen molar-refractivity contribution in [3.05, 3.63) is 29.8 Å². The molecule has 0 bridgehead atoms. The van der Waals surface area contributed by atoms with E-state index in [-0.39, 0.29) is 30.0 Å². The van der Waals surface area contributed by atoms with E-state index in [0.29, 0.717) is 50.8 Å². The van der Waals surface area contributed by atoms with Gasteiger partial charge in [-0.2, -0.15) is 0 Å². The van der Waals surface area contributed by atoms with Crippen LogP contribution in [0.15, 0.2) is 23.2 Å². The van der Waals surface area contributed by atoms with Crippen molar-refractivity contribution in [3.63, 3.8) is 0 Å². The SMILES string of the molecule is CCN(CCCNC(=NC)NC1CCN(c2ccc(F)cc2F)C1)S(C)(=O)=O.I. The number of benzene rings is 1. The largest absolute Gasteiger partial charge is 0.367 e. The molecular formula is C18H30F2IN5O2S. The van der Waals surface area contributed by atoms with Crippen LogP contribution in [0.1, 0.15) is 19.8 Å². The maximum atomic E-state index is 14.0. The highest BCUT2D eigenvalue weighted by Crippen LogP contribution is 2.24. The van der Waals surface area contributed by atoms with Gasteiger partial charge in [0, 0.05) is 51.9 Å². The van der Waals surface area contributed by atoms with E-state index in [1.165, 1.54) is 22.7 Å². The second-order valence-corrected chi connectivity index (χ2v) is 8.76. The fourth-order valence-electron chi connectivity index (χ4n) is 3.24. The lowest BCUT2D eigenvalue weighted by atomic mass is 10.2. The lowest BCUT2D eigenvalue weighted by Gasteiger charge is -2.21. The molecule has 1 aromatic carbocycles. The van der Waals surface area contributed by atoms with Gasteiger partial charge in [0.25, 0.3) is 0 Å². The molecule has 1 heterocycles. The molecule has 0 aliphatic carbocycles. The molecule has 0 spiro atoms. The number of rotatable bonds is 8. The van der Waals surface area contributed by atoms with E-state index in [1.807, 2.05) is 11.8 Å². The summed E-state index contributed by atoms with van der Waals surface area (Å²) in [5.74, 6) is -0.527. The van der Waals surface area contributed by atoms with Crippen LogP contribution in [0.5, 0.6) is 0 Å². The Kier molecular flexibility index (Phi) is 10.5. The molecule has 1 atom stereocenters. The summed E-state index contributed by atoms with van der Waals surface area (Å²) >= 11 is 0. The summed E-state index contributed by atoms with van der Waals surface area (Å²) in [4.78, 5) is 6.06. The van der Waals surface area contributed by atoms with E-state index in [2.05, 4.69) is 15.6 Å². The fraction of sp³-hybridized carbons (Fsp3) is 0.611. The van der Waals surface area contributed by atoms with Gasteiger partial charge in [0.1, 0.15) is 11.6 Å². The quantitative estimate of drug-likeness (QED) is 0.226. The summed E-state index contributed by atoms with van der Waals surface area (Å²) < 4.78 is 51.6. The number of sulfonamides is 1. The Balaban J connectivity index is 0.00000420. The molecule has 0 radical (unpaired) electrons. The lowest BCUT2D eigenvalue weighted by Crippen LogP contribution is -2.45. The Morgan fingerprint density at radius 2 is 2.10 bits per heavy atom. The number of halogens is 3. The Morgan fingerprint density at radius 1 is 1.38 bits per heavy atom. The number of nitrogens with one attached hydrogen (secondary N) is 2. The number of anilines is 1. The van der Waals surface area contributed by atoms with Crippen LogP contribution in [0.4, 0.5) is 14.5 Å². The van der Waals surface area contributed by atoms with Gasteiger partial charge in [-0.05, 0) is 25.0 Å². The predicted molar refractivity (Wildman–Crippen MR) is 124 cm³/mol. The zero-order valence-corrected chi connectivity index (χ0v) is 20.1. The van der Waals surface area contributed by atoms with Crippen LogP contribution in [-0.4, -0.2) is 70.8 Å². The normalized spacial score (nSPS) is 17.4. The van der Waals surface area contributed by atoms with Crippen LogP contribution >= 0.6 is 24.0 Å². The third-order valence-electron chi connectivity index (χ3n) is 4.70. The van der Waals surface area contributed by atoms with Crippen LogP contribution in [0, 0.1) is 11.6 Å². The Bertz CT molecular complexity index is 794. The van der Waals surface area contributed by atoms with Gasteiger partial charge in [-0.15, -0.1) is 24.0 Å². The van der Waals surface area contributed by atoms with Crippen molar-refractivity contribution in [3.8, 4) is 0 Å². The van der Waals surface area contributed by atoms with Crippen molar-refractivity contribution in [1.29, 1.82) is 0 Å². The highest BCUT2D eigenvalue weighted by molar-refractivity contribution is 14.0. The van der Waals surface area contributed by atoms with Crippen molar-refractivity contribution < 1.29 is 17.2 Å². The van der Waals surface area contributed by atoms with Crippen LogP contribution in [-0.2, 0) is 10.0 Å². The summed E-state index contributed by atoms with van der Waals surface area (Å²) in [6.07, 6.45) is 2.66. The lowest BCUT2D eigenvalue weighted by molar-refractivity contribution is 0.424. The molecule has 7 nitrogen and oxygen atoms in total. The van der Waals surface area contributed by atoms with E-state index in [4.69, 9.17) is 0 Å². The average Bonchev–Trinajstić information content (AvgIpc) is 3.07. The number of nitrogens with zero attached hydrogens (tertiary/aromatic N) is 3. The number of hydrogen-bond acceptors (Lipinski definition) is 4. The van der Waals surface area contributed by atoms with Gasteiger partial charge >= 0.3 is 0 Å². The molecule has 166 valence electrons. The predicted octanol–water partition coefficient (Wildman–Crippen LogP) is 2.00. The second kappa shape index (κ2) is 11.8. The molecule has 1 fully saturated rings. The van der Waals surface area contributed by atoms with Crippen molar-refractivity contribution in [2.24, 2.45) is 4.99 Å². The van der Waals surface area contributed by atoms with Crippen LogP contribution in [0.25, 0.3) is 0 Å². The van der Waals surface area contributed by atoms with E-state index in [0.717, 1.165) is 12.5 Å². The standard InChI is InChI=1S/C18H29F2N5O2S.HI/c1-4-25(28(3,26)27)10-5-9-22-18(21-2)23-15-8-11-24(13-15)17-7-6-14(19)12-16(17)20;/h6-7,12,15H,4-5,8-11,13H2,1-3H3,(H2,21,22,23);1H. The molecule has 11 heteroatoms. The van der Waals surface area contributed by atoms with Gasteiger partial charge in [0.05, 0.1) is 11.9 Å². The topological polar surface area (TPSA) is 77.0 Å². The zero-order chi connectivity index (χ0) is 20.7. The molecule has 2 rings (SSSR count). The maximum Gasteiger partial charge on any atom is 0.211 e. The fourth-order valence-corrected chi connectivity index (χ4v) is 4.17. The highest BCUT2D eigenvalue weighted by Gasteiger charge is 2.25. The minimum absolute atomic E-state index is 0. The first-order valence-corrected chi connectivity index (χ1v) is 11.2. The molecule has 2 N–H and O–H groups in total. The van der Waals surface area contributed by atoms with Gasteiger partial charge in [0.15, 0.2) is 5.96 Å². The van der Waals surface area contributed by atoms with E-state index >= 15 is 0 Å². The van der Waals surface area contributed by atoms with E-state index in [9.17, 15) is 17.2 Å². The van der Waals surface area contributed by atoms with E-state index in [1.54, 1.807) is 7.05 Å². The van der Waals surface area contributed by atoms with Gasteiger partial charge < -0.3 is 15.5 Å².